The van der Waals surface area contributed by atoms with E-state index >= 15 is 0 Å². The summed E-state index contributed by atoms with van der Waals surface area (Å²) in [5.74, 6) is -0.0399. The average Bonchev–Trinajstić information content (AvgIpc) is 2.64. The average molecular weight is 284 g/mol. The van der Waals surface area contributed by atoms with Crippen molar-refractivity contribution in [2.24, 2.45) is 23.7 Å². The first-order chi connectivity index (χ1) is 9.38. The van der Waals surface area contributed by atoms with Crippen LogP contribution in [0.25, 0.3) is 0 Å². The predicted molar refractivity (Wildman–Crippen MR) is 69.4 cm³/mol. The van der Waals surface area contributed by atoms with Crippen LogP contribution in [0.15, 0.2) is 0 Å². The Bertz CT molecular complexity index is 424. The van der Waals surface area contributed by atoms with E-state index in [0.29, 0.717) is 12.3 Å². The Morgan fingerprint density at radius 1 is 1.10 bits per heavy atom. The molecule has 2 bridgehead atoms. The summed E-state index contributed by atoms with van der Waals surface area (Å²) >= 11 is 0. The molecule has 9 atom stereocenters. The number of hydrogen-bond acceptors (Lipinski definition) is 5. The van der Waals surface area contributed by atoms with Gasteiger partial charge in [-0.15, -0.1) is 0 Å². The van der Waals surface area contributed by atoms with Gasteiger partial charge in [0.15, 0.2) is 18.4 Å². The van der Waals surface area contributed by atoms with Gasteiger partial charge in [0.05, 0.1) is 0 Å². The first-order valence-electron chi connectivity index (χ1n) is 7.78. The standard InChI is InChI=1S/C15H24O5/c1-7-4-5-9-8(2)12(17)18-13-15(9)10(7)6-11(16)14(3,19-13)20-15/h7-13,16-17H,4-6H2,1-3H3/t7-,8-,9+,10+,11-,12+,13-,14-,15+/m1/s1. The summed E-state index contributed by atoms with van der Waals surface area (Å²) in [5.41, 5.74) is -0.496. The minimum atomic E-state index is -1.000. The lowest BCUT2D eigenvalue weighted by Crippen LogP contribution is -2.67. The fourth-order valence-electron chi connectivity index (χ4n) is 5.09. The van der Waals surface area contributed by atoms with E-state index in [-0.39, 0.29) is 17.8 Å². The van der Waals surface area contributed by atoms with E-state index < -0.39 is 30.1 Å². The molecule has 1 spiro atoms. The summed E-state index contributed by atoms with van der Waals surface area (Å²) in [7, 11) is 0. The van der Waals surface area contributed by atoms with Gasteiger partial charge < -0.3 is 24.4 Å². The number of fused-ring (bicyclic) bond motifs is 1. The number of ether oxygens (including phenoxy) is 3. The zero-order chi connectivity index (χ0) is 14.3. The molecule has 4 aliphatic rings. The Kier molecular flexibility index (Phi) is 2.66. The molecule has 0 aromatic rings. The Labute approximate surface area is 119 Å². The van der Waals surface area contributed by atoms with Crippen LogP contribution < -0.4 is 0 Å². The maximum atomic E-state index is 10.4. The highest BCUT2D eigenvalue weighted by Crippen LogP contribution is 2.63. The summed E-state index contributed by atoms with van der Waals surface area (Å²) in [6.45, 7) is 6.04. The van der Waals surface area contributed by atoms with Crippen LogP contribution in [0, 0.1) is 23.7 Å². The van der Waals surface area contributed by atoms with Crippen LogP contribution in [0.5, 0.6) is 0 Å². The van der Waals surface area contributed by atoms with Gasteiger partial charge in [-0.05, 0) is 38.0 Å². The minimum absolute atomic E-state index is 0.0300. The summed E-state index contributed by atoms with van der Waals surface area (Å²) in [4.78, 5) is 0. The van der Waals surface area contributed by atoms with Crippen molar-refractivity contribution in [3.05, 3.63) is 0 Å². The van der Waals surface area contributed by atoms with Crippen LogP contribution in [0.2, 0.25) is 0 Å². The van der Waals surface area contributed by atoms with Crippen LogP contribution >= 0.6 is 0 Å². The zero-order valence-corrected chi connectivity index (χ0v) is 12.3. The van der Waals surface area contributed by atoms with Crippen LogP contribution in [0.4, 0.5) is 0 Å². The van der Waals surface area contributed by atoms with Gasteiger partial charge in [-0.1, -0.05) is 13.8 Å². The van der Waals surface area contributed by atoms with E-state index in [1.165, 1.54) is 0 Å². The van der Waals surface area contributed by atoms with Crippen LogP contribution in [-0.4, -0.2) is 40.3 Å². The lowest BCUT2D eigenvalue weighted by atomic mass is 9.57. The van der Waals surface area contributed by atoms with E-state index in [2.05, 4.69) is 6.92 Å². The molecule has 2 N–H and O–H groups in total. The Balaban J connectivity index is 1.83. The van der Waals surface area contributed by atoms with Crippen LogP contribution in [0.1, 0.15) is 40.0 Å². The Hall–Kier alpha value is -0.200. The number of aliphatic hydroxyl groups is 2. The summed E-state index contributed by atoms with van der Waals surface area (Å²) in [6, 6.07) is 0. The van der Waals surface area contributed by atoms with Gasteiger partial charge in [0.1, 0.15) is 11.7 Å². The highest BCUT2D eigenvalue weighted by atomic mass is 16.9. The number of aliphatic hydroxyl groups excluding tert-OH is 2. The van der Waals surface area contributed by atoms with E-state index in [1.807, 2.05) is 6.92 Å². The third-order valence-corrected chi connectivity index (χ3v) is 6.30. The van der Waals surface area contributed by atoms with Gasteiger partial charge in [0.2, 0.25) is 0 Å². The lowest BCUT2D eigenvalue weighted by Gasteiger charge is -2.58. The van der Waals surface area contributed by atoms with E-state index in [1.54, 1.807) is 6.92 Å². The molecular weight excluding hydrogens is 260 g/mol. The van der Waals surface area contributed by atoms with Crippen LogP contribution in [-0.2, 0) is 14.2 Å². The highest BCUT2D eigenvalue weighted by Gasteiger charge is 2.73. The molecule has 3 saturated heterocycles. The molecule has 114 valence electrons. The van der Waals surface area contributed by atoms with Gasteiger partial charge in [0, 0.05) is 11.8 Å². The van der Waals surface area contributed by atoms with E-state index in [0.717, 1.165) is 12.8 Å². The molecule has 0 amide bonds. The number of rotatable bonds is 0. The van der Waals surface area contributed by atoms with Crippen molar-refractivity contribution in [3.8, 4) is 0 Å². The van der Waals surface area contributed by atoms with Crippen molar-refractivity contribution in [1.29, 1.82) is 0 Å². The van der Waals surface area contributed by atoms with Crippen molar-refractivity contribution < 1.29 is 24.4 Å². The third kappa shape index (κ3) is 1.40. The van der Waals surface area contributed by atoms with Crippen molar-refractivity contribution in [2.75, 3.05) is 0 Å². The molecule has 3 heterocycles. The number of hydrogen-bond donors (Lipinski definition) is 2. The quantitative estimate of drug-likeness (QED) is 0.700. The molecule has 20 heavy (non-hydrogen) atoms. The SMILES string of the molecule is C[C@H]1[C@@H](O)O[C@@H]2O[C@]3(C)O[C@]24[C@H]1CC[C@@H](C)[C@@H]4C[C@H]3O. The smallest absolute Gasteiger partial charge is 0.195 e. The normalized spacial score (nSPS) is 65.0. The molecule has 0 aromatic carbocycles. The van der Waals surface area contributed by atoms with Gasteiger partial charge >= 0.3 is 0 Å². The second-order valence-corrected chi connectivity index (χ2v) is 7.33. The van der Waals surface area contributed by atoms with Gasteiger partial charge in [-0.2, -0.15) is 0 Å². The van der Waals surface area contributed by atoms with Crippen molar-refractivity contribution in [3.63, 3.8) is 0 Å². The molecule has 0 radical (unpaired) electrons. The molecule has 1 aliphatic carbocycles. The molecule has 3 aliphatic heterocycles. The summed E-state index contributed by atoms with van der Waals surface area (Å²) in [5, 5.41) is 20.5. The lowest BCUT2D eigenvalue weighted by molar-refractivity contribution is -0.330. The monoisotopic (exact) mass is 284 g/mol. The predicted octanol–water partition coefficient (Wildman–Crippen LogP) is 1.23. The fourth-order valence-corrected chi connectivity index (χ4v) is 5.09. The van der Waals surface area contributed by atoms with Crippen molar-refractivity contribution in [1.82, 2.24) is 0 Å². The maximum absolute atomic E-state index is 10.4. The molecule has 0 unspecified atom stereocenters. The molecule has 4 rings (SSSR count). The second kappa shape index (κ2) is 3.96. The second-order valence-electron chi connectivity index (χ2n) is 7.33. The fraction of sp³-hybridized carbons (Fsp3) is 1.00. The van der Waals surface area contributed by atoms with Crippen molar-refractivity contribution in [2.45, 2.75) is 70.1 Å². The van der Waals surface area contributed by atoms with Crippen LogP contribution in [0.3, 0.4) is 0 Å². The van der Waals surface area contributed by atoms with Crippen molar-refractivity contribution >= 4 is 0 Å². The summed E-state index contributed by atoms with van der Waals surface area (Å²) < 4.78 is 18.0. The molecule has 4 fully saturated rings. The Morgan fingerprint density at radius 3 is 2.60 bits per heavy atom. The highest BCUT2D eigenvalue weighted by molar-refractivity contribution is 5.14. The van der Waals surface area contributed by atoms with Gasteiger partial charge in [-0.3, -0.25) is 0 Å². The Morgan fingerprint density at radius 2 is 1.85 bits per heavy atom. The topological polar surface area (TPSA) is 68.2 Å². The molecule has 5 heteroatoms. The molecular formula is C15H24O5. The molecule has 0 aromatic heterocycles. The molecule has 1 saturated carbocycles. The van der Waals surface area contributed by atoms with Gasteiger partial charge in [-0.25, -0.2) is 0 Å². The third-order valence-electron chi connectivity index (χ3n) is 6.30. The molecule has 5 nitrogen and oxygen atoms in total. The first-order valence-corrected chi connectivity index (χ1v) is 7.78. The van der Waals surface area contributed by atoms with E-state index in [9.17, 15) is 10.2 Å². The minimum Gasteiger partial charge on any atom is -0.388 e. The largest absolute Gasteiger partial charge is 0.388 e. The van der Waals surface area contributed by atoms with E-state index in [4.69, 9.17) is 14.2 Å². The maximum Gasteiger partial charge on any atom is 0.195 e. The first kappa shape index (κ1) is 13.5. The van der Waals surface area contributed by atoms with Gasteiger partial charge in [0.25, 0.3) is 0 Å². The zero-order valence-electron chi connectivity index (χ0n) is 12.3. The summed E-state index contributed by atoms with van der Waals surface area (Å²) in [6.07, 6.45) is 0.804.